The minimum Gasteiger partial charge on any atom is -0.375 e. The van der Waals surface area contributed by atoms with Gasteiger partial charge in [0.05, 0.1) is 11.7 Å². The molecule has 1 atom stereocenters. The number of H-pyrrole nitrogens is 1. The van der Waals surface area contributed by atoms with Crippen LogP contribution in [0, 0.1) is 6.92 Å². The maximum absolute atomic E-state index is 11.4. The zero-order chi connectivity index (χ0) is 15.0. The number of aromatic nitrogens is 2. The molecule has 21 heavy (non-hydrogen) atoms. The number of hydrogen-bond donors (Lipinski definition) is 2. The van der Waals surface area contributed by atoms with Crippen molar-refractivity contribution in [3.63, 3.8) is 0 Å². The summed E-state index contributed by atoms with van der Waals surface area (Å²) in [4.78, 5) is 18.4. The van der Waals surface area contributed by atoms with Crippen LogP contribution < -0.4 is 10.9 Å². The Hall–Kier alpha value is -1.52. The van der Waals surface area contributed by atoms with Gasteiger partial charge in [0.2, 0.25) is 5.56 Å². The summed E-state index contributed by atoms with van der Waals surface area (Å²) in [5.41, 5.74) is 3.81. The molecule has 0 saturated heterocycles. The molecule has 1 unspecified atom stereocenters. The quantitative estimate of drug-likeness (QED) is 0.825. The number of nitrogens with one attached hydrogen (secondary N) is 2. The first-order chi connectivity index (χ1) is 10.0. The molecule has 0 amide bonds. The van der Waals surface area contributed by atoms with Gasteiger partial charge in [-0.25, -0.2) is 4.98 Å². The van der Waals surface area contributed by atoms with E-state index in [2.05, 4.69) is 15.3 Å². The van der Waals surface area contributed by atoms with Crippen molar-refractivity contribution in [1.29, 1.82) is 0 Å². The maximum atomic E-state index is 11.4. The minimum atomic E-state index is -0.0585. The molecule has 6 heteroatoms. The van der Waals surface area contributed by atoms with Crippen molar-refractivity contribution in [1.82, 2.24) is 9.97 Å². The van der Waals surface area contributed by atoms with Gasteiger partial charge in [-0.3, -0.25) is 4.79 Å². The molecular weight excluding hydrogens is 309 g/mol. The lowest BCUT2D eigenvalue weighted by molar-refractivity contribution is 0.586. The van der Waals surface area contributed by atoms with Gasteiger partial charge in [-0.05, 0) is 49.4 Å². The Balaban J connectivity index is 1.96. The molecule has 0 spiro atoms. The molecule has 110 valence electrons. The molecule has 0 fully saturated rings. The zero-order valence-electron chi connectivity index (χ0n) is 11.5. The fraction of sp³-hybridized carbons (Fsp3) is 0.333. The van der Waals surface area contributed by atoms with E-state index in [1.165, 1.54) is 0 Å². The Morgan fingerprint density at radius 1 is 1.38 bits per heavy atom. The minimum absolute atomic E-state index is 0.0585. The van der Waals surface area contributed by atoms with Gasteiger partial charge in [-0.2, -0.15) is 0 Å². The van der Waals surface area contributed by atoms with Crippen molar-refractivity contribution in [3.8, 4) is 0 Å². The first-order valence-corrected chi connectivity index (χ1v) is 7.61. The molecule has 2 N–H and O–H groups in total. The maximum Gasteiger partial charge on any atom is 0.248 e. The fourth-order valence-electron chi connectivity index (χ4n) is 2.79. The molecule has 0 aromatic carbocycles. The molecule has 0 aliphatic heterocycles. The van der Waals surface area contributed by atoms with E-state index in [1.807, 2.05) is 13.0 Å². The van der Waals surface area contributed by atoms with Gasteiger partial charge in [-0.1, -0.05) is 23.2 Å². The Morgan fingerprint density at radius 3 is 2.95 bits per heavy atom. The average Bonchev–Trinajstić information content (AvgIpc) is 2.42. The standard InChI is InChI=1S/C15H15Cl2N3O/c1-8-7-12(16)20-15(17)14(8)19-11-4-2-3-10-9(11)5-6-13(21)18-10/h5-7,11,19H,2-4H2,1H3,(H,18,21). The molecule has 1 aliphatic rings. The van der Waals surface area contributed by atoms with Crippen LogP contribution >= 0.6 is 23.2 Å². The van der Waals surface area contributed by atoms with Crippen LogP contribution in [0.3, 0.4) is 0 Å². The van der Waals surface area contributed by atoms with E-state index >= 15 is 0 Å². The van der Waals surface area contributed by atoms with Crippen LogP contribution in [0.4, 0.5) is 5.69 Å². The molecule has 0 bridgehead atoms. The molecule has 0 saturated carbocycles. The van der Waals surface area contributed by atoms with Crippen molar-refractivity contribution in [2.45, 2.75) is 32.2 Å². The number of aromatic amines is 1. The first-order valence-electron chi connectivity index (χ1n) is 6.86. The van der Waals surface area contributed by atoms with Crippen LogP contribution in [0.2, 0.25) is 10.3 Å². The zero-order valence-corrected chi connectivity index (χ0v) is 13.1. The monoisotopic (exact) mass is 323 g/mol. The highest BCUT2D eigenvalue weighted by Gasteiger charge is 2.22. The highest BCUT2D eigenvalue weighted by atomic mass is 35.5. The van der Waals surface area contributed by atoms with Gasteiger partial charge in [0.1, 0.15) is 5.15 Å². The summed E-state index contributed by atoms with van der Waals surface area (Å²) < 4.78 is 0. The highest BCUT2D eigenvalue weighted by molar-refractivity contribution is 6.34. The Kier molecular flexibility index (Phi) is 3.91. The highest BCUT2D eigenvalue weighted by Crippen LogP contribution is 2.34. The lowest BCUT2D eigenvalue weighted by atomic mass is 9.91. The van der Waals surface area contributed by atoms with E-state index in [0.29, 0.717) is 10.3 Å². The first kappa shape index (κ1) is 14.4. The van der Waals surface area contributed by atoms with Gasteiger partial charge in [0.15, 0.2) is 5.15 Å². The van der Waals surface area contributed by atoms with Crippen LogP contribution in [0.25, 0.3) is 0 Å². The van der Waals surface area contributed by atoms with Gasteiger partial charge in [-0.15, -0.1) is 0 Å². The third-order valence-electron chi connectivity index (χ3n) is 3.79. The van der Waals surface area contributed by atoms with Gasteiger partial charge in [0.25, 0.3) is 0 Å². The molecule has 3 rings (SSSR count). The van der Waals surface area contributed by atoms with E-state index in [1.54, 1.807) is 12.1 Å². The Bertz CT molecular complexity index is 719. The summed E-state index contributed by atoms with van der Waals surface area (Å²) in [6.45, 7) is 1.94. The van der Waals surface area contributed by atoms with Gasteiger partial charge >= 0.3 is 0 Å². The van der Waals surface area contributed by atoms with Crippen LogP contribution in [0.1, 0.15) is 35.7 Å². The normalized spacial score (nSPS) is 17.4. The van der Waals surface area contributed by atoms with Crippen molar-refractivity contribution < 1.29 is 0 Å². The summed E-state index contributed by atoms with van der Waals surface area (Å²) in [5.74, 6) is 0. The SMILES string of the molecule is Cc1cc(Cl)nc(Cl)c1NC1CCCc2[nH]c(=O)ccc21. The van der Waals surface area contributed by atoms with Crippen molar-refractivity contribution in [3.05, 3.63) is 55.7 Å². The summed E-state index contributed by atoms with van der Waals surface area (Å²) >= 11 is 12.1. The predicted octanol–water partition coefficient (Wildman–Crippen LogP) is 3.87. The number of halogens is 2. The Labute approximate surface area is 132 Å². The van der Waals surface area contributed by atoms with E-state index in [4.69, 9.17) is 23.2 Å². The number of pyridine rings is 2. The molecule has 2 aromatic heterocycles. The third-order valence-corrected chi connectivity index (χ3v) is 4.26. The third kappa shape index (κ3) is 2.92. The largest absolute Gasteiger partial charge is 0.375 e. The van der Waals surface area contributed by atoms with Crippen molar-refractivity contribution in [2.24, 2.45) is 0 Å². The topological polar surface area (TPSA) is 57.8 Å². The predicted molar refractivity (Wildman–Crippen MR) is 85.4 cm³/mol. The molecule has 1 aliphatic carbocycles. The van der Waals surface area contributed by atoms with Crippen LogP contribution in [0.15, 0.2) is 23.0 Å². The summed E-state index contributed by atoms with van der Waals surface area (Å²) in [5, 5.41) is 4.20. The molecule has 2 heterocycles. The Morgan fingerprint density at radius 2 is 2.19 bits per heavy atom. The van der Waals surface area contributed by atoms with E-state index in [0.717, 1.165) is 41.8 Å². The molecule has 4 nitrogen and oxygen atoms in total. The average molecular weight is 324 g/mol. The smallest absolute Gasteiger partial charge is 0.248 e. The molecular formula is C15H15Cl2N3O. The van der Waals surface area contributed by atoms with Crippen molar-refractivity contribution in [2.75, 3.05) is 5.32 Å². The van der Waals surface area contributed by atoms with Crippen molar-refractivity contribution >= 4 is 28.9 Å². The number of fused-ring (bicyclic) bond motifs is 1. The van der Waals surface area contributed by atoms with E-state index in [-0.39, 0.29) is 11.6 Å². The second-order valence-corrected chi connectivity index (χ2v) is 6.02. The molecule has 0 radical (unpaired) electrons. The molecule has 2 aromatic rings. The number of rotatable bonds is 2. The number of hydrogen-bond acceptors (Lipinski definition) is 3. The van der Waals surface area contributed by atoms with Gasteiger partial charge in [0, 0.05) is 11.8 Å². The second kappa shape index (κ2) is 5.70. The fourth-order valence-corrected chi connectivity index (χ4v) is 3.38. The summed E-state index contributed by atoms with van der Waals surface area (Å²) in [6, 6.07) is 5.35. The number of nitrogens with zero attached hydrogens (tertiary/aromatic N) is 1. The summed E-state index contributed by atoms with van der Waals surface area (Å²) in [7, 11) is 0. The summed E-state index contributed by atoms with van der Waals surface area (Å²) in [6.07, 6.45) is 2.90. The number of anilines is 1. The number of aryl methyl sites for hydroxylation is 2. The van der Waals surface area contributed by atoms with Gasteiger partial charge < -0.3 is 10.3 Å². The van der Waals surface area contributed by atoms with E-state index in [9.17, 15) is 4.79 Å². The van der Waals surface area contributed by atoms with Crippen LogP contribution in [0.5, 0.6) is 0 Å². The van der Waals surface area contributed by atoms with Crippen LogP contribution in [-0.4, -0.2) is 9.97 Å². The lowest BCUT2D eigenvalue weighted by Crippen LogP contribution is -2.22. The van der Waals surface area contributed by atoms with E-state index < -0.39 is 0 Å². The lowest BCUT2D eigenvalue weighted by Gasteiger charge is -2.27. The van der Waals surface area contributed by atoms with Crippen LogP contribution in [-0.2, 0) is 6.42 Å². The second-order valence-electron chi connectivity index (χ2n) is 5.27.